The van der Waals surface area contributed by atoms with Crippen LogP contribution in [0.4, 0.5) is 13.2 Å². The molecule has 1 aliphatic rings. The highest BCUT2D eigenvalue weighted by molar-refractivity contribution is 5.97. The van der Waals surface area contributed by atoms with Crippen molar-refractivity contribution >= 4 is 11.8 Å². The van der Waals surface area contributed by atoms with E-state index in [1.54, 1.807) is 18.2 Å². The number of hydrogen-bond acceptors (Lipinski definition) is 3. The first-order valence-corrected chi connectivity index (χ1v) is 8.40. The van der Waals surface area contributed by atoms with Gasteiger partial charge in [0.2, 0.25) is 0 Å². The second kappa shape index (κ2) is 7.06. The molecule has 1 N–H and O–H groups in total. The Hall–Kier alpha value is -2.83. The maximum atomic E-state index is 12.9. The lowest BCUT2D eigenvalue weighted by Gasteiger charge is -2.14. The summed E-state index contributed by atoms with van der Waals surface area (Å²) in [6, 6.07) is 7.97. The highest BCUT2D eigenvalue weighted by Gasteiger charge is 2.32. The quantitative estimate of drug-likeness (QED) is 0.726. The molecule has 0 saturated carbocycles. The molecule has 0 heterocycles. The molecule has 27 heavy (non-hydrogen) atoms. The molecule has 0 aliphatic heterocycles. The van der Waals surface area contributed by atoms with Gasteiger partial charge < -0.3 is 9.84 Å². The first-order valence-electron chi connectivity index (χ1n) is 8.40. The molecular formula is C20H17F3O4. The summed E-state index contributed by atoms with van der Waals surface area (Å²) < 4.78 is 44.3. The molecule has 0 fully saturated rings. The van der Waals surface area contributed by atoms with Gasteiger partial charge >= 0.3 is 12.1 Å². The summed E-state index contributed by atoms with van der Waals surface area (Å²) in [7, 11) is 0. The molecule has 0 saturated heterocycles. The molecule has 3 rings (SSSR count). The Kier molecular flexibility index (Phi) is 4.95. The molecule has 0 bridgehead atoms. The number of hydrogen-bond donors (Lipinski definition) is 1. The number of halogens is 3. The lowest BCUT2D eigenvalue weighted by atomic mass is 9.98. The molecule has 2 aromatic rings. The fourth-order valence-corrected chi connectivity index (χ4v) is 3.37. The van der Waals surface area contributed by atoms with Gasteiger partial charge in [0.1, 0.15) is 11.5 Å². The first-order chi connectivity index (χ1) is 12.6. The largest absolute Gasteiger partial charge is 0.481 e. The van der Waals surface area contributed by atoms with E-state index in [0.717, 1.165) is 35.7 Å². The number of carbonyl (C=O) groups excluding carboxylic acids is 1. The van der Waals surface area contributed by atoms with Gasteiger partial charge in [-0.1, -0.05) is 6.07 Å². The van der Waals surface area contributed by atoms with E-state index in [1.165, 1.54) is 6.92 Å². The Morgan fingerprint density at radius 1 is 1.19 bits per heavy atom. The SMILES string of the molecule is CC(=O)c1cc(C(F)(F)F)ccc1Oc1ccc2c(c1)CC[C@H]2CC(=O)O. The number of carboxylic acid groups (broad SMARTS) is 1. The molecule has 0 unspecified atom stereocenters. The lowest BCUT2D eigenvalue weighted by molar-refractivity contribution is -0.138. The second-order valence-electron chi connectivity index (χ2n) is 6.56. The predicted octanol–water partition coefficient (Wildman–Crippen LogP) is 5.20. The average Bonchev–Trinajstić information content (AvgIpc) is 2.95. The molecule has 0 radical (unpaired) electrons. The van der Waals surface area contributed by atoms with Crippen molar-refractivity contribution in [3.05, 3.63) is 58.7 Å². The first kappa shape index (κ1) is 18.9. The topological polar surface area (TPSA) is 63.6 Å². The summed E-state index contributed by atoms with van der Waals surface area (Å²) in [5, 5.41) is 8.97. The molecule has 142 valence electrons. The highest BCUT2D eigenvalue weighted by Crippen LogP contribution is 2.39. The van der Waals surface area contributed by atoms with Crippen LogP contribution in [0, 0.1) is 0 Å². The minimum atomic E-state index is -4.55. The summed E-state index contributed by atoms with van der Waals surface area (Å²) in [4.78, 5) is 22.7. The van der Waals surface area contributed by atoms with E-state index >= 15 is 0 Å². The number of aryl methyl sites for hydroxylation is 1. The van der Waals surface area contributed by atoms with Gasteiger partial charge in [0, 0.05) is 0 Å². The molecule has 0 aromatic heterocycles. The third-order valence-electron chi connectivity index (χ3n) is 4.65. The molecule has 1 atom stereocenters. The summed E-state index contributed by atoms with van der Waals surface area (Å²) in [5.41, 5.74) is 0.846. The number of ether oxygens (including phenoxy) is 1. The molecule has 4 nitrogen and oxygen atoms in total. The molecule has 2 aromatic carbocycles. The van der Waals surface area contributed by atoms with E-state index in [1.807, 2.05) is 0 Å². The highest BCUT2D eigenvalue weighted by atomic mass is 19.4. The number of aliphatic carboxylic acids is 1. The number of rotatable bonds is 5. The average molecular weight is 378 g/mol. The fourth-order valence-electron chi connectivity index (χ4n) is 3.37. The van der Waals surface area contributed by atoms with Gasteiger partial charge in [-0.2, -0.15) is 13.2 Å². The molecular weight excluding hydrogens is 361 g/mol. The Bertz CT molecular complexity index is 903. The van der Waals surface area contributed by atoms with Crippen LogP contribution in [-0.4, -0.2) is 16.9 Å². The van der Waals surface area contributed by atoms with Gasteiger partial charge in [-0.25, -0.2) is 0 Å². The van der Waals surface area contributed by atoms with Crippen molar-refractivity contribution in [2.24, 2.45) is 0 Å². The van der Waals surface area contributed by atoms with Crippen LogP contribution in [0.1, 0.15) is 52.7 Å². The van der Waals surface area contributed by atoms with Crippen molar-refractivity contribution in [2.45, 2.75) is 38.3 Å². The van der Waals surface area contributed by atoms with Gasteiger partial charge in [-0.15, -0.1) is 0 Å². The van der Waals surface area contributed by atoms with Crippen molar-refractivity contribution in [3.8, 4) is 11.5 Å². The van der Waals surface area contributed by atoms with Crippen LogP contribution in [0.25, 0.3) is 0 Å². The zero-order chi connectivity index (χ0) is 19.8. The number of fused-ring (bicyclic) bond motifs is 1. The van der Waals surface area contributed by atoms with Crippen LogP contribution in [-0.2, 0) is 17.4 Å². The van der Waals surface area contributed by atoms with Crippen LogP contribution < -0.4 is 4.74 Å². The lowest BCUT2D eigenvalue weighted by Crippen LogP contribution is -2.07. The van der Waals surface area contributed by atoms with Gasteiger partial charge in [-0.3, -0.25) is 9.59 Å². The number of carboxylic acids is 1. The van der Waals surface area contributed by atoms with Gasteiger partial charge in [0.15, 0.2) is 5.78 Å². The normalized spacial score (nSPS) is 16.1. The summed E-state index contributed by atoms with van der Waals surface area (Å²) >= 11 is 0. The number of ketones is 1. The van der Waals surface area contributed by atoms with Crippen molar-refractivity contribution in [1.29, 1.82) is 0 Å². The van der Waals surface area contributed by atoms with Crippen LogP contribution in [0.3, 0.4) is 0 Å². The number of benzene rings is 2. The summed E-state index contributed by atoms with van der Waals surface area (Å²) in [6.45, 7) is 1.18. The zero-order valence-corrected chi connectivity index (χ0v) is 14.5. The Morgan fingerprint density at radius 2 is 1.93 bits per heavy atom. The Morgan fingerprint density at radius 3 is 2.56 bits per heavy atom. The van der Waals surface area contributed by atoms with Crippen LogP contribution in [0.15, 0.2) is 36.4 Å². The maximum absolute atomic E-state index is 12.9. The van der Waals surface area contributed by atoms with E-state index in [0.29, 0.717) is 12.2 Å². The summed E-state index contributed by atoms with van der Waals surface area (Å²) in [5.74, 6) is -0.990. The predicted molar refractivity (Wildman–Crippen MR) is 91.3 cm³/mol. The third kappa shape index (κ3) is 4.13. The van der Waals surface area contributed by atoms with Gasteiger partial charge in [0.05, 0.1) is 17.5 Å². The standard InChI is InChI=1S/C20H17F3O4/c1-11(24)17-10-14(20(21,22)23)4-7-18(17)27-15-5-6-16-12(8-15)2-3-13(16)9-19(25)26/h4-8,10,13H,2-3,9H2,1H3,(H,25,26)/t13-/m0/s1. The van der Waals surface area contributed by atoms with E-state index < -0.39 is 23.5 Å². The van der Waals surface area contributed by atoms with E-state index in [9.17, 15) is 22.8 Å². The Balaban J connectivity index is 1.88. The smallest absolute Gasteiger partial charge is 0.416 e. The minimum absolute atomic E-state index is 0.0506. The van der Waals surface area contributed by atoms with E-state index in [4.69, 9.17) is 9.84 Å². The number of carbonyl (C=O) groups is 2. The van der Waals surface area contributed by atoms with Crippen LogP contribution in [0.2, 0.25) is 0 Å². The van der Waals surface area contributed by atoms with Crippen molar-refractivity contribution in [3.63, 3.8) is 0 Å². The molecule has 0 spiro atoms. The number of alkyl halides is 3. The van der Waals surface area contributed by atoms with Crippen LogP contribution >= 0.6 is 0 Å². The zero-order valence-electron chi connectivity index (χ0n) is 14.5. The monoisotopic (exact) mass is 378 g/mol. The molecule has 1 aliphatic carbocycles. The molecule has 7 heteroatoms. The van der Waals surface area contributed by atoms with Crippen LogP contribution in [0.5, 0.6) is 11.5 Å². The second-order valence-corrected chi connectivity index (χ2v) is 6.56. The van der Waals surface area contributed by atoms with Crippen molar-refractivity contribution in [1.82, 2.24) is 0 Å². The maximum Gasteiger partial charge on any atom is 0.416 e. The summed E-state index contributed by atoms with van der Waals surface area (Å²) in [6.07, 6.45) is -3.06. The van der Waals surface area contributed by atoms with E-state index in [2.05, 4.69) is 0 Å². The van der Waals surface area contributed by atoms with E-state index in [-0.39, 0.29) is 23.7 Å². The minimum Gasteiger partial charge on any atom is -0.481 e. The number of Topliss-reactive ketones (excluding diaryl/α,β-unsaturated/α-hetero) is 1. The Labute approximate surface area is 153 Å². The molecule has 0 amide bonds. The third-order valence-corrected chi connectivity index (χ3v) is 4.65. The fraction of sp³-hybridized carbons (Fsp3) is 0.300. The van der Waals surface area contributed by atoms with Crippen molar-refractivity contribution < 1.29 is 32.6 Å². The van der Waals surface area contributed by atoms with Gasteiger partial charge in [0.25, 0.3) is 0 Å². The van der Waals surface area contributed by atoms with Gasteiger partial charge in [-0.05, 0) is 67.1 Å². The van der Waals surface area contributed by atoms with Crippen molar-refractivity contribution in [2.75, 3.05) is 0 Å².